The summed E-state index contributed by atoms with van der Waals surface area (Å²) in [5.41, 5.74) is 5.48. The van der Waals surface area contributed by atoms with E-state index in [9.17, 15) is 0 Å². The van der Waals surface area contributed by atoms with Crippen molar-refractivity contribution in [1.29, 1.82) is 0 Å². The molecule has 0 heterocycles. The zero-order valence-corrected chi connectivity index (χ0v) is 9.26. The van der Waals surface area contributed by atoms with Gasteiger partial charge in [0, 0.05) is 6.04 Å². The molecule has 0 spiro atoms. The molecule has 0 aromatic carbocycles. The maximum absolute atomic E-state index is 8.74. The van der Waals surface area contributed by atoms with Crippen molar-refractivity contribution in [3.63, 3.8) is 0 Å². The van der Waals surface area contributed by atoms with E-state index in [0.717, 1.165) is 19.3 Å². The molecule has 1 atom stereocenters. The van der Waals surface area contributed by atoms with E-state index in [4.69, 9.17) is 30.3 Å². The monoisotopic (exact) mass is 229 g/mol. The smallest absolute Gasteiger partial charge is 0.314 e. The third-order valence-corrected chi connectivity index (χ3v) is 1.37. The van der Waals surface area contributed by atoms with Gasteiger partial charge in [0.05, 0.1) is 0 Å². The molecule has 0 amide bonds. The van der Waals surface area contributed by atoms with Crippen molar-refractivity contribution in [3.8, 4) is 0 Å². The summed E-state index contributed by atoms with van der Waals surface area (Å²) in [6.07, 6.45) is 2.11. The summed E-state index contributed by atoms with van der Waals surface area (Å²) < 4.78 is 8.74. The summed E-state index contributed by atoms with van der Waals surface area (Å²) in [6, 6.07) is 0.232. The van der Waals surface area contributed by atoms with Crippen LogP contribution in [-0.4, -0.2) is 32.3 Å². The first-order chi connectivity index (χ1) is 6.36. The molecule has 14 heavy (non-hydrogen) atoms. The van der Waals surface area contributed by atoms with Crippen LogP contribution in [0.4, 0.5) is 0 Å². The van der Waals surface area contributed by atoms with E-state index in [1.807, 2.05) is 6.92 Å². The van der Waals surface area contributed by atoms with E-state index in [0.29, 0.717) is 6.42 Å². The number of rotatable bonds is 5. The van der Waals surface area contributed by atoms with Crippen LogP contribution < -0.4 is 5.73 Å². The lowest BCUT2D eigenvalue weighted by Gasteiger charge is -2.04. The summed E-state index contributed by atoms with van der Waals surface area (Å²) in [5, 5.41) is 16.9. The van der Waals surface area contributed by atoms with Gasteiger partial charge in [0.15, 0.2) is 6.29 Å². The highest BCUT2D eigenvalue weighted by Crippen LogP contribution is 2.03. The number of aliphatic hydroxyl groups is 2. The Hall–Kier alpha value is 0.0300. The minimum Gasteiger partial charge on any atom is -0.368 e. The average molecular weight is 229 g/mol. The predicted octanol–water partition coefficient (Wildman–Crippen LogP) is -0.435. The SMILES string of the molecule is CC(N)CCCCC(O)O.O=[PH](O)O. The molecular formula is C7H20NO5P. The fourth-order valence-corrected chi connectivity index (χ4v) is 0.793. The molecule has 0 aliphatic heterocycles. The molecule has 6 N–H and O–H groups in total. The van der Waals surface area contributed by atoms with Crippen LogP contribution in [-0.2, 0) is 4.57 Å². The molecule has 0 fully saturated rings. The van der Waals surface area contributed by atoms with Crippen LogP contribution in [0, 0.1) is 0 Å². The molecule has 0 rings (SSSR count). The third kappa shape index (κ3) is 29.6. The van der Waals surface area contributed by atoms with Crippen molar-refractivity contribution >= 4 is 8.25 Å². The van der Waals surface area contributed by atoms with Gasteiger partial charge in [0.25, 0.3) is 0 Å². The van der Waals surface area contributed by atoms with Crippen LogP contribution in [0.15, 0.2) is 0 Å². The molecule has 0 radical (unpaired) electrons. The average Bonchev–Trinajstić information content (AvgIpc) is 1.96. The van der Waals surface area contributed by atoms with Crippen LogP contribution in [0.2, 0.25) is 0 Å². The maximum atomic E-state index is 8.74. The van der Waals surface area contributed by atoms with Gasteiger partial charge >= 0.3 is 8.25 Å². The second kappa shape index (κ2) is 11.1. The largest absolute Gasteiger partial charge is 0.368 e. The fraction of sp³-hybridized carbons (Fsp3) is 1.00. The van der Waals surface area contributed by atoms with E-state index >= 15 is 0 Å². The summed E-state index contributed by atoms with van der Waals surface area (Å²) in [7, 11) is -3.13. The lowest BCUT2D eigenvalue weighted by molar-refractivity contribution is -0.0466. The minimum absolute atomic E-state index is 0.232. The molecule has 7 heteroatoms. The Kier molecular flexibility index (Phi) is 13.1. The Labute approximate surface area is 84.3 Å². The third-order valence-electron chi connectivity index (χ3n) is 1.37. The van der Waals surface area contributed by atoms with Crippen molar-refractivity contribution in [2.75, 3.05) is 0 Å². The Bertz CT molecular complexity index is 128. The van der Waals surface area contributed by atoms with Crippen molar-refractivity contribution < 1.29 is 24.6 Å². The Morgan fingerprint density at radius 3 is 1.86 bits per heavy atom. The molecule has 0 aromatic rings. The highest BCUT2D eigenvalue weighted by molar-refractivity contribution is 7.30. The summed E-state index contributed by atoms with van der Waals surface area (Å²) in [4.78, 5) is 14.3. The van der Waals surface area contributed by atoms with Gasteiger partial charge in [-0.05, 0) is 26.2 Å². The first-order valence-electron chi connectivity index (χ1n) is 4.39. The number of hydrogen-bond donors (Lipinski definition) is 5. The van der Waals surface area contributed by atoms with Gasteiger partial charge in [0.2, 0.25) is 0 Å². The van der Waals surface area contributed by atoms with Crippen LogP contribution >= 0.6 is 8.25 Å². The van der Waals surface area contributed by atoms with Crippen molar-refractivity contribution in [2.45, 2.75) is 44.9 Å². The van der Waals surface area contributed by atoms with E-state index in [2.05, 4.69) is 0 Å². The Morgan fingerprint density at radius 1 is 1.21 bits per heavy atom. The van der Waals surface area contributed by atoms with E-state index in [-0.39, 0.29) is 6.04 Å². The van der Waals surface area contributed by atoms with Gasteiger partial charge in [-0.3, -0.25) is 4.57 Å². The molecule has 0 saturated heterocycles. The summed E-state index contributed by atoms with van der Waals surface area (Å²) in [6.45, 7) is 1.95. The van der Waals surface area contributed by atoms with E-state index in [1.165, 1.54) is 0 Å². The van der Waals surface area contributed by atoms with Gasteiger partial charge in [-0.2, -0.15) is 0 Å². The fourth-order valence-electron chi connectivity index (χ4n) is 0.793. The molecule has 0 aliphatic carbocycles. The Balaban J connectivity index is 0. The van der Waals surface area contributed by atoms with Crippen molar-refractivity contribution in [3.05, 3.63) is 0 Å². The summed E-state index contributed by atoms with van der Waals surface area (Å²) >= 11 is 0. The second-order valence-corrected chi connectivity index (χ2v) is 3.59. The molecule has 6 nitrogen and oxygen atoms in total. The van der Waals surface area contributed by atoms with E-state index in [1.54, 1.807) is 0 Å². The van der Waals surface area contributed by atoms with Crippen molar-refractivity contribution in [1.82, 2.24) is 0 Å². The Morgan fingerprint density at radius 2 is 1.57 bits per heavy atom. The number of hydrogen-bond acceptors (Lipinski definition) is 4. The number of unbranched alkanes of at least 4 members (excludes halogenated alkanes) is 1. The molecular weight excluding hydrogens is 209 g/mol. The minimum atomic E-state index is -3.13. The van der Waals surface area contributed by atoms with Crippen LogP contribution in [0.25, 0.3) is 0 Å². The molecule has 88 valence electrons. The standard InChI is InChI=1S/C7H17NO2.H3O3P/c1-6(8)4-2-3-5-7(9)10;1-4(2)3/h6-7,9-10H,2-5,8H2,1H3;4H,(H2,1,2,3). The molecule has 0 aliphatic rings. The van der Waals surface area contributed by atoms with E-state index < -0.39 is 14.5 Å². The van der Waals surface area contributed by atoms with Gasteiger partial charge in [0.1, 0.15) is 0 Å². The summed E-state index contributed by atoms with van der Waals surface area (Å²) in [5.74, 6) is 0. The molecule has 0 aromatic heterocycles. The lowest BCUT2D eigenvalue weighted by atomic mass is 10.1. The predicted molar refractivity (Wildman–Crippen MR) is 53.8 cm³/mol. The van der Waals surface area contributed by atoms with Crippen molar-refractivity contribution in [2.24, 2.45) is 5.73 Å². The molecule has 0 bridgehead atoms. The highest BCUT2D eigenvalue weighted by Gasteiger charge is 1.97. The number of nitrogens with two attached hydrogens (primary N) is 1. The van der Waals surface area contributed by atoms with Crippen LogP contribution in [0.3, 0.4) is 0 Å². The first-order valence-corrected chi connectivity index (χ1v) is 5.70. The van der Waals surface area contributed by atoms with Crippen LogP contribution in [0.1, 0.15) is 32.6 Å². The maximum Gasteiger partial charge on any atom is 0.314 e. The zero-order valence-electron chi connectivity index (χ0n) is 8.26. The lowest BCUT2D eigenvalue weighted by Crippen LogP contribution is -2.14. The first kappa shape index (κ1) is 16.5. The van der Waals surface area contributed by atoms with Gasteiger partial charge in [-0.1, -0.05) is 6.42 Å². The normalized spacial score (nSPS) is 12.6. The topological polar surface area (TPSA) is 124 Å². The molecule has 1 unspecified atom stereocenters. The second-order valence-electron chi connectivity index (χ2n) is 3.02. The quantitative estimate of drug-likeness (QED) is 0.247. The van der Waals surface area contributed by atoms with Gasteiger partial charge < -0.3 is 25.7 Å². The highest BCUT2D eigenvalue weighted by atomic mass is 31.1. The zero-order chi connectivity index (χ0) is 11.6. The van der Waals surface area contributed by atoms with Gasteiger partial charge in [-0.15, -0.1) is 0 Å². The van der Waals surface area contributed by atoms with Gasteiger partial charge in [-0.25, -0.2) is 0 Å². The molecule has 0 saturated carbocycles. The van der Waals surface area contributed by atoms with Crippen LogP contribution in [0.5, 0.6) is 0 Å². The number of aliphatic hydroxyl groups excluding tert-OH is 1.